The summed E-state index contributed by atoms with van der Waals surface area (Å²) in [5.74, 6) is 0.202. The van der Waals surface area contributed by atoms with E-state index in [0.717, 1.165) is 10.0 Å². The van der Waals surface area contributed by atoms with Crippen LogP contribution in [0.15, 0.2) is 34.9 Å². The van der Waals surface area contributed by atoms with Crippen molar-refractivity contribution in [2.45, 2.75) is 32.9 Å². The molecule has 7 nitrogen and oxygen atoms in total. The Bertz CT molecular complexity index is 712. The molecular weight excluding hydrogens is 364 g/mol. The van der Waals surface area contributed by atoms with Gasteiger partial charge in [-0.1, -0.05) is 28.1 Å². The molecule has 122 valence electrons. The zero-order chi connectivity index (χ0) is 17.0. The van der Waals surface area contributed by atoms with Crippen LogP contribution in [-0.2, 0) is 11.3 Å². The molecule has 0 radical (unpaired) electrons. The Morgan fingerprint density at radius 1 is 1.43 bits per heavy atom. The van der Waals surface area contributed by atoms with Gasteiger partial charge in [-0.15, -0.1) is 0 Å². The molecule has 23 heavy (non-hydrogen) atoms. The number of nitrogens with one attached hydrogen (secondary N) is 1. The van der Waals surface area contributed by atoms with Crippen LogP contribution in [0.4, 0.5) is 5.82 Å². The smallest absolute Gasteiger partial charge is 0.358 e. The Morgan fingerprint density at radius 3 is 2.65 bits per heavy atom. The second kappa shape index (κ2) is 7.36. The number of aryl methyl sites for hydroxylation is 2. The Hall–Kier alpha value is -2.22. The number of nitrogens with zero attached hydrogens (tertiary/aromatic N) is 3. The molecule has 0 spiro atoms. The van der Waals surface area contributed by atoms with Gasteiger partial charge in [-0.05, 0) is 34.5 Å². The average molecular weight is 381 g/mol. The number of amides is 1. The summed E-state index contributed by atoms with van der Waals surface area (Å²) in [6.45, 7) is 3.94. The fraction of sp³-hybridized carbons (Fsp3) is 0.333. The SMILES string of the molecule is Cc1nc([N+](=O)[O-])cn1CCC(=O)NC(C)c1ccc(Br)cc1. The summed E-state index contributed by atoms with van der Waals surface area (Å²) < 4.78 is 2.60. The quantitative estimate of drug-likeness (QED) is 0.615. The summed E-state index contributed by atoms with van der Waals surface area (Å²) in [6, 6.07) is 7.63. The van der Waals surface area contributed by atoms with Crippen molar-refractivity contribution in [1.82, 2.24) is 14.9 Å². The summed E-state index contributed by atoms with van der Waals surface area (Å²) in [5, 5.41) is 13.6. The molecular formula is C15H17BrN4O3. The van der Waals surface area contributed by atoms with Crippen molar-refractivity contribution in [3.05, 3.63) is 56.4 Å². The zero-order valence-electron chi connectivity index (χ0n) is 12.8. The highest BCUT2D eigenvalue weighted by atomic mass is 79.9. The number of carbonyl (C=O) groups excluding carboxylic acids is 1. The number of hydrogen-bond acceptors (Lipinski definition) is 4. The van der Waals surface area contributed by atoms with Crippen molar-refractivity contribution in [1.29, 1.82) is 0 Å². The summed E-state index contributed by atoms with van der Waals surface area (Å²) in [7, 11) is 0. The molecule has 1 N–H and O–H groups in total. The molecule has 1 atom stereocenters. The number of halogens is 1. The third-order valence-corrected chi connectivity index (χ3v) is 4.01. The number of carbonyl (C=O) groups is 1. The normalized spacial score (nSPS) is 12.0. The summed E-state index contributed by atoms with van der Waals surface area (Å²) in [4.78, 5) is 26.0. The van der Waals surface area contributed by atoms with Gasteiger partial charge in [0.25, 0.3) is 0 Å². The average Bonchev–Trinajstić information content (AvgIpc) is 2.87. The van der Waals surface area contributed by atoms with Gasteiger partial charge < -0.3 is 20.0 Å². The maximum Gasteiger partial charge on any atom is 0.381 e. The zero-order valence-corrected chi connectivity index (χ0v) is 14.4. The van der Waals surface area contributed by atoms with E-state index in [2.05, 4.69) is 26.2 Å². The Labute approximate surface area is 142 Å². The van der Waals surface area contributed by atoms with Gasteiger partial charge in [-0.2, -0.15) is 0 Å². The molecule has 2 aromatic rings. The maximum atomic E-state index is 12.0. The van der Waals surface area contributed by atoms with Crippen molar-refractivity contribution in [3.63, 3.8) is 0 Å². The molecule has 0 aliphatic rings. The van der Waals surface area contributed by atoms with Crippen LogP contribution in [-0.4, -0.2) is 20.4 Å². The van der Waals surface area contributed by atoms with Crippen LogP contribution in [0, 0.1) is 17.0 Å². The Morgan fingerprint density at radius 2 is 2.09 bits per heavy atom. The van der Waals surface area contributed by atoms with Gasteiger partial charge in [0.05, 0.1) is 6.04 Å². The number of aromatic nitrogens is 2. The first-order valence-corrected chi connectivity index (χ1v) is 7.89. The van der Waals surface area contributed by atoms with Crippen LogP contribution >= 0.6 is 15.9 Å². The largest absolute Gasteiger partial charge is 0.381 e. The number of hydrogen-bond donors (Lipinski definition) is 1. The molecule has 2 rings (SSSR count). The molecule has 1 amide bonds. The topological polar surface area (TPSA) is 90.1 Å². The molecule has 0 saturated heterocycles. The van der Waals surface area contributed by atoms with Gasteiger partial charge in [0, 0.05) is 24.4 Å². The predicted octanol–water partition coefficient (Wildman–Crippen LogP) is 3.13. The van der Waals surface area contributed by atoms with E-state index < -0.39 is 4.92 Å². The Kier molecular flexibility index (Phi) is 5.49. The lowest BCUT2D eigenvalue weighted by Crippen LogP contribution is -2.27. The number of nitro groups is 1. The number of benzene rings is 1. The van der Waals surface area contributed by atoms with Gasteiger partial charge in [0.2, 0.25) is 11.7 Å². The highest BCUT2D eigenvalue weighted by Crippen LogP contribution is 2.17. The standard InChI is InChI=1S/C15H17BrN4O3/c1-10(12-3-5-13(16)6-4-12)17-15(21)7-8-19-9-14(20(22)23)18-11(19)2/h3-6,9-10H,7-8H2,1-2H3,(H,17,21). The number of rotatable bonds is 6. The van der Waals surface area contributed by atoms with Crippen molar-refractivity contribution in [2.75, 3.05) is 0 Å². The first-order valence-electron chi connectivity index (χ1n) is 7.10. The molecule has 0 fully saturated rings. The minimum atomic E-state index is -0.542. The lowest BCUT2D eigenvalue weighted by Gasteiger charge is -2.14. The van der Waals surface area contributed by atoms with Crippen molar-refractivity contribution in [3.8, 4) is 0 Å². The molecule has 0 saturated carbocycles. The van der Waals surface area contributed by atoms with E-state index in [4.69, 9.17) is 0 Å². The van der Waals surface area contributed by atoms with Gasteiger partial charge in [-0.3, -0.25) is 4.79 Å². The van der Waals surface area contributed by atoms with Gasteiger partial charge >= 0.3 is 5.82 Å². The van der Waals surface area contributed by atoms with Crippen LogP contribution in [0.1, 0.15) is 30.8 Å². The van der Waals surface area contributed by atoms with E-state index in [1.54, 1.807) is 11.5 Å². The van der Waals surface area contributed by atoms with E-state index in [1.165, 1.54) is 6.20 Å². The maximum absolute atomic E-state index is 12.0. The molecule has 0 aliphatic carbocycles. The van der Waals surface area contributed by atoms with E-state index in [1.807, 2.05) is 31.2 Å². The summed E-state index contributed by atoms with van der Waals surface area (Å²) in [5.41, 5.74) is 1.01. The second-order valence-electron chi connectivity index (χ2n) is 5.19. The molecule has 8 heteroatoms. The lowest BCUT2D eigenvalue weighted by molar-refractivity contribution is -0.389. The highest BCUT2D eigenvalue weighted by Gasteiger charge is 2.16. The van der Waals surface area contributed by atoms with Crippen LogP contribution < -0.4 is 5.32 Å². The highest BCUT2D eigenvalue weighted by molar-refractivity contribution is 9.10. The third-order valence-electron chi connectivity index (χ3n) is 3.48. The van der Waals surface area contributed by atoms with Crippen LogP contribution in [0.2, 0.25) is 0 Å². The Balaban J connectivity index is 1.90. The summed E-state index contributed by atoms with van der Waals surface area (Å²) in [6.07, 6.45) is 1.58. The summed E-state index contributed by atoms with van der Waals surface area (Å²) >= 11 is 3.37. The second-order valence-corrected chi connectivity index (χ2v) is 6.10. The van der Waals surface area contributed by atoms with E-state index in [0.29, 0.717) is 12.4 Å². The molecule has 0 aliphatic heterocycles. The molecule has 0 bridgehead atoms. The monoisotopic (exact) mass is 380 g/mol. The van der Waals surface area contributed by atoms with Gasteiger partial charge in [0.15, 0.2) is 0 Å². The molecule has 1 aromatic carbocycles. The van der Waals surface area contributed by atoms with Crippen LogP contribution in [0.25, 0.3) is 0 Å². The van der Waals surface area contributed by atoms with Crippen molar-refractivity contribution >= 4 is 27.7 Å². The molecule has 1 heterocycles. The van der Waals surface area contributed by atoms with Gasteiger partial charge in [-0.25, -0.2) is 0 Å². The van der Waals surface area contributed by atoms with E-state index in [9.17, 15) is 14.9 Å². The lowest BCUT2D eigenvalue weighted by atomic mass is 10.1. The third kappa shape index (κ3) is 4.62. The van der Waals surface area contributed by atoms with E-state index >= 15 is 0 Å². The predicted molar refractivity (Wildman–Crippen MR) is 88.9 cm³/mol. The minimum absolute atomic E-state index is 0.103. The van der Waals surface area contributed by atoms with E-state index in [-0.39, 0.29) is 24.2 Å². The minimum Gasteiger partial charge on any atom is -0.358 e. The fourth-order valence-electron chi connectivity index (χ4n) is 2.18. The van der Waals surface area contributed by atoms with Crippen LogP contribution in [0.5, 0.6) is 0 Å². The van der Waals surface area contributed by atoms with Crippen molar-refractivity contribution in [2.24, 2.45) is 0 Å². The first-order chi connectivity index (χ1) is 10.9. The fourth-order valence-corrected chi connectivity index (χ4v) is 2.44. The molecule has 1 unspecified atom stereocenters. The molecule has 1 aromatic heterocycles. The first kappa shape index (κ1) is 17.1. The van der Waals surface area contributed by atoms with Crippen LogP contribution in [0.3, 0.4) is 0 Å². The number of imidazole rings is 1. The van der Waals surface area contributed by atoms with Gasteiger partial charge in [0.1, 0.15) is 6.20 Å². The van der Waals surface area contributed by atoms with Crippen molar-refractivity contribution < 1.29 is 9.72 Å².